The Morgan fingerprint density at radius 1 is 1.16 bits per heavy atom. The molecule has 0 amide bonds. The van der Waals surface area contributed by atoms with Gasteiger partial charge < -0.3 is 0 Å². The van der Waals surface area contributed by atoms with Crippen LogP contribution >= 0.6 is 11.6 Å². The van der Waals surface area contributed by atoms with E-state index in [1.165, 1.54) is 12.1 Å². The van der Waals surface area contributed by atoms with E-state index in [0.717, 1.165) is 12.0 Å². The molecule has 2 rings (SSSR count). The molecule has 0 radical (unpaired) electrons. The van der Waals surface area contributed by atoms with Crippen molar-refractivity contribution in [2.75, 3.05) is 0 Å². The SMILES string of the molecule is CCc1ccccc1C(=O)C(Cl)c1ccc(F)cc1. The van der Waals surface area contributed by atoms with Gasteiger partial charge in [-0.1, -0.05) is 43.3 Å². The molecule has 0 spiro atoms. The van der Waals surface area contributed by atoms with Crippen LogP contribution in [-0.4, -0.2) is 5.78 Å². The summed E-state index contributed by atoms with van der Waals surface area (Å²) in [6.45, 7) is 1.99. The predicted octanol–water partition coefficient (Wildman–Crippen LogP) is 4.55. The van der Waals surface area contributed by atoms with E-state index in [9.17, 15) is 9.18 Å². The molecule has 1 atom stereocenters. The summed E-state index contributed by atoms with van der Waals surface area (Å²) in [5.41, 5.74) is 2.22. The summed E-state index contributed by atoms with van der Waals surface area (Å²) in [5, 5.41) is -0.784. The molecule has 0 aliphatic heterocycles. The number of carbonyl (C=O) groups is 1. The van der Waals surface area contributed by atoms with Crippen molar-refractivity contribution in [2.24, 2.45) is 0 Å². The molecule has 0 fully saturated rings. The van der Waals surface area contributed by atoms with Crippen LogP contribution in [0.3, 0.4) is 0 Å². The maximum absolute atomic E-state index is 12.9. The van der Waals surface area contributed by atoms with Gasteiger partial charge in [0.15, 0.2) is 5.78 Å². The van der Waals surface area contributed by atoms with Gasteiger partial charge in [-0.25, -0.2) is 4.39 Å². The van der Waals surface area contributed by atoms with Crippen molar-refractivity contribution in [3.63, 3.8) is 0 Å². The van der Waals surface area contributed by atoms with Crippen LogP contribution in [-0.2, 0) is 6.42 Å². The summed E-state index contributed by atoms with van der Waals surface area (Å²) in [4.78, 5) is 12.4. The molecule has 0 aliphatic carbocycles. The monoisotopic (exact) mass is 276 g/mol. The third-order valence-corrected chi connectivity index (χ3v) is 3.51. The highest BCUT2D eigenvalue weighted by Gasteiger charge is 2.21. The van der Waals surface area contributed by atoms with Crippen LogP contribution in [0, 0.1) is 5.82 Å². The number of carbonyl (C=O) groups excluding carboxylic acids is 1. The number of Topliss-reactive ketones (excluding diaryl/α,β-unsaturated/α-hetero) is 1. The van der Waals surface area contributed by atoms with E-state index < -0.39 is 5.38 Å². The minimum Gasteiger partial charge on any atom is -0.292 e. The second kappa shape index (κ2) is 5.98. The van der Waals surface area contributed by atoms with Crippen molar-refractivity contribution in [1.29, 1.82) is 0 Å². The molecule has 0 saturated carbocycles. The van der Waals surface area contributed by atoms with E-state index in [1.54, 1.807) is 18.2 Å². The second-order valence-corrected chi connectivity index (χ2v) is 4.73. The molecule has 0 bridgehead atoms. The molecule has 98 valence electrons. The van der Waals surface area contributed by atoms with Gasteiger partial charge in [0.05, 0.1) is 0 Å². The van der Waals surface area contributed by atoms with Crippen molar-refractivity contribution in [3.8, 4) is 0 Å². The van der Waals surface area contributed by atoms with Crippen molar-refractivity contribution in [3.05, 3.63) is 71.0 Å². The highest BCUT2D eigenvalue weighted by molar-refractivity contribution is 6.34. The van der Waals surface area contributed by atoms with Gasteiger partial charge in [-0.15, -0.1) is 11.6 Å². The Balaban J connectivity index is 2.30. The number of halogens is 2. The molecular formula is C16H14ClFO. The molecule has 1 nitrogen and oxygen atoms in total. The van der Waals surface area contributed by atoms with E-state index in [4.69, 9.17) is 11.6 Å². The molecule has 0 N–H and O–H groups in total. The van der Waals surface area contributed by atoms with E-state index >= 15 is 0 Å². The van der Waals surface area contributed by atoms with Crippen LogP contribution in [0.5, 0.6) is 0 Å². The first kappa shape index (κ1) is 13.8. The van der Waals surface area contributed by atoms with Crippen molar-refractivity contribution in [1.82, 2.24) is 0 Å². The van der Waals surface area contributed by atoms with Gasteiger partial charge in [-0.3, -0.25) is 4.79 Å². The highest BCUT2D eigenvalue weighted by atomic mass is 35.5. The van der Waals surface area contributed by atoms with Crippen LogP contribution in [0.4, 0.5) is 4.39 Å². The van der Waals surface area contributed by atoms with Crippen molar-refractivity contribution in [2.45, 2.75) is 18.7 Å². The molecule has 2 aromatic rings. The molecule has 0 saturated heterocycles. The van der Waals surface area contributed by atoms with Crippen LogP contribution < -0.4 is 0 Å². The topological polar surface area (TPSA) is 17.1 Å². The Morgan fingerprint density at radius 2 is 1.79 bits per heavy atom. The van der Waals surface area contributed by atoms with Crippen LogP contribution in [0.15, 0.2) is 48.5 Å². The number of aryl methyl sites for hydroxylation is 1. The van der Waals surface area contributed by atoms with Crippen LogP contribution in [0.1, 0.15) is 33.8 Å². The fourth-order valence-corrected chi connectivity index (χ4v) is 2.25. The Labute approximate surface area is 117 Å². The molecule has 0 heterocycles. The lowest BCUT2D eigenvalue weighted by atomic mass is 9.97. The number of hydrogen-bond donors (Lipinski definition) is 0. The summed E-state index contributed by atoms with van der Waals surface area (Å²) in [6.07, 6.45) is 0.773. The summed E-state index contributed by atoms with van der Waals surface area (Å²) < 4.78 is 12.9. The van der Waals surface area contributed by atoms with Gasteiger partial charge in [0.1, 0.15) is 11.2 Å². The standard InChI is InChI=1S/C16H14ClFO/c1-2-11-5-3-4-6-14(11)16(19)15(17)12-7-9-13(18)10-8-12/h3-10,15H,2H2,1H3. The number of ketones is 1. The average molecular weight is 277 g/mol. The summed E-state index contributed by atoms with van der Waals surface area (Å²) >= 11 is 6.20. The second-order valence-electron chi connectivity index (χ2n) is 4.29. The Morgan fingerprint density at radius 3 is 2.42 bits per heavy atom. The van der Waals surface area contributed by atoms with E-state index in [0.29, 0.717) is 11.1 Å². The van der Waals surface area contributed by atoms with Crippen LogP contribution in [0.25, 0.3) is 0 Å². The lowest BCUT2D eigenvalue weighted by Gasteiger charge is -2.12. The van der Waals surface area contributed by atoms with Gasteiger partial charge in [0.2, 0.25) is 0 Å². The zero-order valence-electron chi connectivity index (χ0n) is 10.6. The van der Waals surface area contributed by atoms with Crippen LogP contribution in [0.2, 0.25) is 0 Å². The smallest absolute Gasteiger partial charge is 0.185 e. The first-order valence-corrected chi connectivity index (χ1v) is 6.58. The largest absolute Gasteiger partial charge is 0.292 e. The van der Waals surface area contributed by atoms with Gasteiger partial charge in [0, 0.05) is 5.56 Å². The summed E-state index contributed by atoms with van der Waals surface area (Å²) in [5.74, 6) is -0.486. The van der Waals surface area contributed by atoms with E-state index in [-0.39, 0.29) is 11.6 Å². The predicted molar refractivity (Wildman–Crippen MR) is 75.1 cm³/mol. The van der Waals surface area contributed by atoms with Gasteiger partial charge in [0.25, 0.3) is 0 Å². The average Bonchev–Trinajstić information content (AvgIpc) is 2.46. The molecule has 2 aromatic carbocycles. The fraction of sp³-hybridized carbons (Fsp3) is 0.188. The van der Waals surface area contributed by atoms with E-state index in [1.807, 2.05) is 25.1 Å². The fourth-order valence-electron chi connectivity index (χ4n) is 1.99. The van der Waals surface area contributed by atoms with Crippen molar-refractivity contribution >= 4 is 17.4 Å². The number of alkyl halides is 1. The Kier molecular flexibility index (Phi) is 4.33. The highest BCUT2D eigenvalue weighted by Crippen LogP contribution is 2.26. The lowest BCUT2D eigenvalue weighted by Crippen LogP contribution is -2.10. The first-order valence-electron chi connectivity index (χ1n) is 6.15. The Bertz CT molecular complexity index is 578. The quantitative estimate of drug-likeness (QED) is 0.591. The molecular weight excluding hydrogens is 263 g/mol. The number of benzene rings is 2. The Hall–Kier alpha value is -1.67. The maximum Gasteiger partial charge on any atom is 0.185 e. The third-order valence-electron chi connectivity index (χ3n) is 3.06. The third kappa shape index (κ3) is 3.02. The maximum atomic E-state index is 12.9. The van der Waals surface area contributed by atoms with Gasteiger partial charge in [-0.2, -0.15) is 0 Å². The molecule has 0 aromatic heterocycles. The van der Waals surface area contributed by atoms with Crippen molar-refractivity contribution < 1.29 is 9.18 Å². The summed E-state index contributed by atoms with van der Waals surface area (Å²) in [7, 11) is 0. The molecule has 0 aliphatic rings. The molecule has 19 heavy (non-hydrogen) atoms. The minimum atomic E-state index is -0.784. The summed E-state index contributed by atoms with van der Waals surface area (Å²) in [6, 6.07) is 13.1. The van der Waals surface area contributed by atoms with Gasteiger partial charge in [-0.05, 0) is 29.7 Å². The zero-order chi connectivity index (χ0) is 13.8. The molecule has 1 unspecified atom stereocenters. The lowest BCUT2D eigenvalue weighted by molar-refractivity contribution is 0.0986. The molecule has 3 heteroatoms. The minimum absolute atomic E-state index is 0.147. The number of hydrogen-bond acceptors (Lipinski definition) is 1. The zero-order valence-corrected chi connectivity index (χ0v) is 11.3. The van der Waals surface area contributed by atoms with E-state index in [2.05, 4.69) is 0 Å². The van der Waals surface area contributed by atoms with Gasteiger partial charge >= 0.3 is 0 Å². The first-order chi connectivity index (χ1) is 9.13. The number of rotatable bonds is 4. The normalized spacial score (nSPS) is 12.2.